The summed E-state index contributed by atoms with van der Waals surface area (Å²) >= 11 is 1.34. The van der Waals surface area contributed by atoms with Gasteiger partial charge in [0.2, 0.25) is 0 Å². The number of methoxy groups -OCH3 is 1. The molecular formula is C14H13F2NOS. The molecule has 0 unspecified atom stereocenters. The average Bonchev–Trinajstić information content (AvgIpc) is 2.41. The van der Waals surface area contributed by atoms with E-state index in [9.17, 15) is 8.78 Å². The van der Waals surface area contributed by atoms with Gasteiger partial charge in [-0.2, -0.15) is 0 Å². The summed E-state index contributed by atoms with van der Waals surface area (Å²) in [6, 6.07) is 8.67. The van der Waals surface area contributed by atoms with Crippen molar-refractivity contribution in [1.82, 2.24) is 0 Å². The Balaban J connectivity index is 2.16. The first-order valence-electron chi connectivity index (χ1n) is 5.60. The number of hydrogen-bond acceptors (Lipinski definition) is 3. The van der Waals surface area contributed by atoms with Gasteiger partial charge in [0.1, 0.15) is 17.4 Å². The number of nitrogen functional groups attached to an aromatic ring is 1. The lowest BCUT2D eigenvalue weighted by Crippen LogP contribution is -1.93. The first-order valence-corrected chi connectivity index (χ1v) is 6.59. The van der Waals surface area contributed by atoms with Gasteiger partial charge in [-0.25, -0.2) is 8.78 Å². The third-order valence-electron chi connectivity index (χ3n) is 2.61. The number of rotatable bonds is 4. The third kappa shape index (κ3) is 3.38. The van der Waals surface area contributed by atoms with Crippen molar-refractivity contribution in [1.29, 1.82) is 0 Å². The zero-order chi connectivity index (χ0) is 13.8. The lowest BCUT2D eigenvalue weighted by molar-refractivity contribution is 0.414. The lowest BCUT2D eigenvalue weighted by Gasteiger charge is -2.08. The minimum atomic E-state index is -0.449. The molecule has 0 saturated carbocycles. The highest BCUT2D eigenvalue weighted by molar-refractivity contribution is 7.98. The Morgan fingerprint density at radius 2 is 1.95 bits per heavy atom. The van der Waals surface area contributed by atoms with Gasteiger partial charge in [0, 0.05) is 21.9 Å². The fourth-order valence-corrected chi connectivity index (χ4v) is 2.54. The second-order valence-corrected chi connectivity index (χ2v) is 4.95. The van der Waals surface area contributed by atoms with E-state index in [0.717, 1.165) is 17.0 Å². The highest BCUT2D eigenvalue weighted by atomic mass is 32.2. The van der Waals surface area contributed by atoms with Crippen LogP contribution in [0.2, 0.25) is 0 Å². The Bertz CT molecular complexity index is 590. The number of halogens is 2. The van der Waals surface area contributed by atoms with Gasteiger partial charge in [-0.15, -0.1) is 11.8 Å². The summed E-state index contributed by atoms with van der Waals surface area (Å²) < 4.78 is 31.6. The maximum atomic E-state index is 13.5. The van der Waals surface area contributed by atoms with Gasteiger partial charge in [-0.05, 0) is 36.4 Å². The van der Waals surface area contributed by atoms with Crippen molar-refractivity contribution in [3.05, 3.63) is 53.6 Å². The molecule has 0 spiro atoms. The minimum absolute atomic E-state index is 0.307. The zero-order valence-corrected chi connectivity index (χ0v) is 11.1. The Morgan fingerprint density at radius 1 is 1.16 bits per heavy atom. The van der Waals surface area contributed by atoms with Crippen molar-refractivity contribution in [3.8, 4) is 5.75 Å². The molecule has 0 saturated heterocycles. The van der Waals surface area contributed by atoms with Crippen LogP contribution >= 0.6 is 11.8 Å². The second kappa shape index (κ2) is 5.93. The maximum Gasteiger partial charge on any atom is 0.127 e. The SMILES string of the molecule is COc1ccc(N)c(SCc2cc(F)ccc2F)c1. The molecule has 2 nitrogen and oxygen atoms in total. The largest absolute Gasteiger partial charge is 0.497 e. The molecule has 0 heterocycles. The Kier molecular flexibility index (Phi) is 4.27. The molecule has 2 rings (SSSR count). The summed E-state index contributed by atoms with van der Waals surface area (Å²) in [5, 5.41) is 0. The standard InChI is InChI=1S/C14H13F2NOS/c1-18-11-3-5-13(17)14(7-11)19-8-9-6-10(15)2-4-12(9)16/h2-7H,8,17H2,1H3. The van der Waals surface area contributed by atoms with Crippen molar-refractivity contribution in [2.75, 3.05) is 12.8 Å². The van der Waals surface area contributed by atoms with E-state index in [-0.39, 0.29) is 0 Å². The van der Waals surface area contributed by atoms with Crippen molar-refractivity contribution >= 4 is 17.4 Å². The summed E-state index contributed by atoms with van der Waals surface area (Å²) in [5.74, 6) is 0.114. The molecule has 0 atom stereocenters. The van der Waals surface area contributed by atoms with Crippen LogP contribution in [-0.2, 0) is 5.75 Å². The molecule has 0 radical (unpaired) electrons. The normalized spacial score (nSPS) is 10.5. The van der Waals surface area contributed by atoms with Gasteiger partial charge < -0.3 is 10.5 Å². The number of thioether (sulfide) groups is 1. The summed E-state index contributed by atoms with van der Waals surface area (Å²) in [7, 11) is 1.56. The summed E-state index contributed by atoms with van der Waals surface area (Å²) in [6.45, 7) is 0. The number of hydrogen-bond donors (Lipinski definition) is 1. The third-order valence-corrected chi connectivity index (χ3v) is 3.73. The van der Waals surface area contributed by atoms with Gasteiger partial charge in [-0.1, -0.05) is 0 Å². The van der Waals surface area contributed by atoms with E-state index >= 15 is 0 Å². The van der Waals surface area contributed by atoms with E-state index in [4.69, 9.17) is 10.5 Å². The first-order chi connectivity index (χ1) is 9.10. The van der Waals surface area contributed by atoms with Crippen molar-refractivity contribution in [2.24, 2.45) is 0 Å². The van der Waals surface area contributed by atoms with Gasteiger partial charge in [0.15, 0.2) is 0 Å². The van der Waals surface area contributed by atoms with Crippen LogP contribution in [0.5, 0.6) is 5.75 Å². The van der Waals surface area contributed by atoms with Crippen LogP contribution in [0.4, 0.5) is 14.5 Å². The minimum Gasteiger partial charge on any atom is -0.497 e. The van der Waals surface area contributed by atoms with E-state index in [1.54, 1.807) is 25.3 Å². The van der Waals surface area contributed by atoms with E-state index in [2.05, 4.69) is 0 Å². The molecule has 0 aliphatic rings. The molecular weight excluding hydrogens is 268 g/mol. The zero-order valence-electron chi connectivity index (χ0n) is 10.3. The fraction of sp³-hybridized carbons (Fsp3) is 0.143. The highest BCUT2D eigenvalue weighted by Gasteiger charge is 2.07. The predicted molar refractivity (Wildman–Crippen MR) is 73.3 cm³/mol. The van der Waals surface area contributed by atoms with Gasteiger partial charge in [-0.3, -0.25) is 0 Å². The van der Waals surface area contributed by atoms with E-state index in [1.165, 1.54) is 17.8 Å². The average molecular weight is 281 g/mol. The van der Waals surface area contributed by atoms with Crippen molar-refractivity contribution in [2.45, 2.75) is 10.6 Å². The van der Waals surface area contributed by atoms with Gasteiger partial charge in [0.05, 0.1) is 7.11 Å². The molecule has 100 valence electrons. The topological polar surface area (TPSA) is 35.2 Å². The molecule has 0 fully saturated rings. The quantitative estimate of drug-likeness (QED) is 0.683. The van der Waals surface area contributed by atoms with Crippen LogP contribution < -0.4 is 10.5 Å². The molecule has 19 heavy (non-hydrogen) atoms. The molecule has 2 aromatic carbocycles. The molecule has 0 amide bonds. The molecule has 0 aliphatic carbocycles. The summed E-state index contributed by atoms with van der Waals surface area (Å²) in [6.07, 6.45) is 0. The van der Waals surface area contributed by atoms with Crippen LogP contribution in [0.1, 0.15) is 5.56 Å². The van der Waals surface area contributed by atoms with E-state index in [0.29, 0.717) is 22.8 Å². The van der Waals surface area contributed by atoms with Crippen molar-refractivity contribution in [3.63, 3.8) is 0 Å². The molecule has 0 aliphatic heterocycles. The molecule has 2 aromatic rings. The van der Waals surface area contributed by atoms with E-state index < -0.39 is 11.6 Å². The molecule has 5 heteroatoms. The molecule has 0 aromatic heterocycles. The van der Waals surface area contributed by atoms with E-state index in [1.807, 2.05) is 0 Å². The Labute approximate surface area is 114 Å². The Hall–Kier alpha value is -1.75. The maximum absolute atomic E-state index is 13.5. The van der Waals surface area contributed by atoms with Crippen LogP contribution in [0.25, 0.3) is 0 Å². The van der Waals surface area contributed by atoms with Crippen LogP contribution in [-0.4, -0.2) is 7.11 Å². The van der Waals surface area contributed by atoms with Crippen molar-refractivity contribution < 1.29 is 13.5 Å². The lowest BCUT2D eigenvalue weighted by atomic mass is 10.2. The Morgan fingerprint density at radius 3 is 2.68 bits per heavy atom. The van der Waals surface area contributed by atoms with Gasteiger partial charge in [0.25, 0.3) is 0 Å². The van der Waals surface area contributed by atoms with Crippen LogP contribution in [0.3, 0.4) is 0 Å². The van der Waals surface area contributed by atoms with Gasteiger partial charge >= 0.3 is 0 Å². The summed E-state index contributed by atoms with van der Waals surface area (Å²) in [5.41, 5.74) is 6.73. The molecule has 2 N–H and O–H groups in total. The number of benzene rings is 2. The number of nitrogens with two attached hydrogens (primary N) is 1. The predicted octanol–water partition coefficient (Wildman–Crippen LogP) is 3.85. The summed E-state index contributed by atoms with van der Waals surface area (Å²) in [4.78, 5) is 0.781. The first kappa shape index (κ1) is 13.7. The smallest absolute Gasteiger partial charge is 0.127 e. The second-order valence-electron chi connectivity index (χ2n) is 3.93. The fourth-order valence-electron chi connectivity index (χ4n) is 1.58. The van der Waals surface area contributed by atoms with Crippen LogP contribution in [0, 0.1) is 11.6 Å². The monoisotopic (exact) mass is 281 g/mol. The number of anilines is 1. The molecule has 0 bridgehead atoms. The number of ether oxygens (including phenoxy) is 1. The van der Waals surface area contributed by atoms with Crippen LogP contribution in [0.15, 0.2) is 41.3 Å². The highest BCUT2D eigenvalue weighted by Crippen LogP contribution is 2.32.